The lowest BCUT2D eigenvalue weighted by molar-refractivity contribution is -0.132. The quantitative estimate of drug-likeness (QED) is 0.630. The number of benzene rings is 2. The van der Waals surface area contributed by atoms with Crippen molar-refractivity contribution < 1.29 is 4.79 Å². The van der Waals surface area contributed by atoms with E-state index in [0.717, 1.165) is 55.8 Å². The van der Waals surface area contributed by atoms with Gasteiger partial charge >= 0.3 is 0 Å². The molecule has 7 heteroatoms. The molecule has 1 spiro atoms. The van der Waals surface area contributed by atoms with Crippen molar-refractivity contribution in [1.82, 2.24) is 19.8 Å². The van der Waals surface area contributed by atoms with Crippen LogP contribution in [0.15, 0.2) is 41.2 Å². The lowest BCUT2D eigenvalue weighted by Crippen LogP contribution is -2.54. The Bertz CT molecular complexity index is 1350. The number of amides is 1. The van der Waals surface area contributed by atoms with Crippen LogP contribution in [-0.2, 0) is 10.2 Å². The minimum atomic E-state index is -0.355. The van der Waals surface area contributed by atoms with Gasteiger partial charge in [-0.15, -0.1) is 0 Å². The van der Waals surface area contributed by atoms with E-state index in [9.17, 15) is 9.59 Å². The second-order valence-electron chi connectivity index (χ2n) is 9.78. The topological polar surface area (TPSA) is 67.2 Å². The Kier molecular flexibility index (Phi) is 4.68. The molecule has 0 unspecified atom stereocenters. The zero-order valence-electron chi connectivity index (χ0n) is 18.9. The third-order valence-electron chi connectivity index (χ3n) is 8.10. The molecule has 1 aromatic heterocycles. The highest BCUT2D eigenvalue weighted by atomic mass is 35.5. The number of carbonyl (C=O) groups excluding carboxylic acids is 1. The largest absolute Gasteiger partial charge is 0.343 e. The highest BCUT2D eigenvalue weighted by Gasteiger charge is 2.56. The molecular formula is C26H27ClN4O2. The van der Waals surface area contributed by atoms with Crippen LogP contribution >= 0.6 is 11.6 Å². The first-order valence-electron chi connectivity index (χ1n) is 11.7. The van der Waals surface area contributed by atoms with E-state index in [4.69, 9.17) is 11.6 Å². The summed E-state index contributed by atoms with van der Waals surface area (Å²) in [6.45, 7) is 3.67. The minimum Gasteiger partial charge on any atom is -0.343 e. The average Bonchev–Trinajstić information content (AvgIpc) is 3.07. The highest BCUT2D eigenvalue weighted by molar-refractivity contribution is 6.35. The van der Waals surface area contributed by atoms with Crippen LogP contribution in [0.1, 0.15) is 55.5 Å². The minimum absolute atomic E-state index is 0.0602. The second kappa shape index (κ2) is 7.40. The molecule has 0 atom stereocenters. The maximum atomic E-state index is 13.1. The number of fused-ring (bicyclic) bond motifs is 7. The number of piperidine rings is 1. The summed E-state index contributed by atoms with van der Waals surface area (Å²) in [6.07, 6.45) is 3.77. The fourth-order valence-corrected chi connectivity index (χ4v) is 6.39. The van der Waals surface area contributed by atoms with Gasteiger partial charge in [-0.25, -0.2) is 0 Å². The Balaban J connectivity index is 1.57. The van der Waals surface area contributed by atoms with Crippen LogP contribution < -0.4 is 10.9 Å². The Hall–Kier alpha value is -2.70. The van der Waals surface area contributed by atoms with E-state index in [1.807, 2.05) is 24.1 Å². The Morgan fingerprint density at radius 1 is 1.21 bits per heavy atom. The number of carbonyl (C=O) groups is 1. The number of hydrogen-bond acceptors (Lipinski definition) is 4. The molecule has 2 fully saturated rings. The second-order valence-corrected chi connectivity index (χ2v) is 10.2. The standard InChI is InChI=1S/C26H27ClN4O2/c1-15(32)30(2)18-13-26(14-18)19-7-6-17(16-8-10-28-11-9-16)12-22(19)31-21-5-3-4-20(27)23(21)24(33)29-25(26)31/h3-7,12,16,18,28H,8-11,13-14H2,1-2H3. The number of nitrogens with one attached hydrogen (secondary N) is 1. The zero-order chi connectivity index (χ0) is 22.9. The van der Waals surface area contributed by atoms with E-state index in [1.165, 1.54) is 11.1 Å². The Labute approximate surface area is 197 Å². The van der Waals surface area contributed by atoms with Crippen molar-refractivity contribution in [2.24, 2.45) is 0 Å². The van der Waals surface area contributed by atoms with Gasteiger partial charge in [0, 0.05) is 20.0 Å². The van der Waals surface area contributed by atoms with Gasteiger partial charge in [-0.2, -0.15) is 4.98 Å². The molecule has 0 radical (unpaired) electrons. The molecule has 2 aromatic carbocycles. The first-order chi connectivity index (χ1) is 15.9. The van der Waals surface area contributed by atoms with E-state index in [1.54, 1.807) is 13.0 Å². The van der Waals surface area contributed by atoms with Gasteiger partial charge in [0.05, 0.1) is 27.0 Å². The van der Waals surface area contributed by atoms with E-state index < -0.39 is 0 Å². The first kappa shape index (κ1) is 20.9. The van der Waals surface area contributed by atoms with Crippen LogP contribution in [0.25, 0.3) is 16.6 Å². The van der Waals surface area contributed by atoms with Crippen molar-refractivity contribution in [3.05, 3.63) is 68.7 Å². The van der Waals surface area contributed by atoms with Crippen LogP contribution in [0.3, 0.4) is 0 Å². The van der Waals surface area contributed by atoms with E-state index in [-0.39, 0.29) is 22.9 Å². The zero-order valence-corrected chi connectivity index (χ0v) is 19.7. The number of hydrogen-bond donors (Lipinski definition) is 1. The molecular weight excluding hydrogens is 436 g/mol. The molecule has 1 amide bonds. The van der Waals surface area contributed by atoms with Crippen molar-refractivity contribution in [1.29, 1.82) is 0 Å². The summed E-state index contributed by atoms with van der Waals surface area (Å²) in [6, 6.07) is 12.6. The SMILES string of the molecule is CC(=O)N(C)C1CC2(C1)c1ccc(C3CCNCC3)cc1-n1c2nc(=O)c2c(Cl)cccc21. The summed E-state index contributed by atoms with van der Waals surface area (Å²) in [5, 5.41) is 4.35. The monoisotopic (exact) mass is 462 g/mol. The lowest BCUT2D eigenvalue weighted by Gasteiger charge is -2.48. The summed E-state index contributed by atoms with van der Waals surface area (Å²) in [5.74, 6) is 1.37. The predicted octanol–water partition coefficient (Wildman–Crippen LogP) is 3.75. The van der Waals surface area contributed by atoms with Gasteiger partial charge in [0.2, 0.25) is 5.91 Å². The predicted molar refractivity (Wildman–Crippen MR) is 129 cm³/mol. The maximum Gasteiger partial charge on any atom is 0.282 e. The smallest absolute Gasteiger partial charge is 0.282 e. The van der Waals surface area contributed by atoms with Crippen molar-refractivity contribution in [3.8, 4) is 5.69 Å². The molecule has 1 saturated heterocycles. The van der Waals surface area contributed by atoms with Gasteiger partial charge in [0.25, 0.3) is 5.56 Å². The molecule has 3 aromatic rings. The molecule has 6 nitrogen and oxygen atoms in total. The van der Waals surface area contributed by atoms with Gasteiger partial charge in [-0.05, 0) is 74.0 Å². The molecule has 1 saturated carbocycles. The molecule has 2 aliphatic heterocycles. The molecule has 0 bridgehead atoms. The van der Waals surface area contributed by atoms with Crippen molar-refractivity contribution in [3.63, 3.8) is 0 Å². The van der Waals surface area contributed by atoms with Gasteiger partial charge < -0.3 is 10.2 Å². The molecule has 3 heterocycles. The van der Waals surface area contributed by atoms with Gasteiger partial charge in [0.1, 0.15) is 5.82 Å². The van der Waals surface area contributed by atoms with Gasteiger partial charge in [-0.3, -0.25) is 14.2 Å². The number of rotatable bonds is 2. The third-order valence-corrected chi connectivity index (χ3v) is 8.41. The van der Waals surface area contributed by atoms with Crippen molar-refractivity contribution in [2.75, 3.05) is 20.1 Å². The fraction of sp³-hybridized carbons (Fsp3) is 0.423. The van der Waals surface area contributed by atoms with Crippen molar-refractivity contribution in [2.45, 2.75) is 50.0 Å². The normalized spacial score (nSPS) is 23.9. The van der Waals surface area contributed by atoms with Crippen LogP contribution in [0.2, 0.25) is 5.02 Å². The number of nitrogens with zero attached hydrogens (tertiary/aromatic N) is 3. The highest BCUT2D eigenvalue weighted by Crippen LogP contribution is 2.56. The maximum absolute atomic E-state index is 13.1. The van der Waals surface area contributed by atoms with E-state index in [2.05, 4.69) is 33.1 Å². The van der Waals surface area contributed by atoms with Crippen LogP contribution in [0.5, 0.6) is 0 Å². The number of aromatic nitrogens is 2. The van der Waals surface area contributed by atoms with Gasteiger partial charge in [0.15, 0.2) is 0 Å². The Morgan fingerprint density at radius 2 is 1.97 bits per heavy atom. The average molecular weight is 463 g/mol. The van der Waals surface area contributed by atoms with Crippen LogP contribution in [0, 0.1) is 0 Å². The summed E-state index contributed by atoms with van der Waals surface area (Å²) >= 11 is 6.46. The molecule has 1 N–H and O–H groups in total. The van der Waals surface area contributed by atoms with Gasteiger partial charge in [-0.1, -0.05) is 29.8 Å². The third kappa shape index (κ3) is 2.93. The summed E-state index contributed by atoms with van der Waals surface area (Å²) < 4.78 is 2.16. The molecule has 6 rings (SSSR count). The fourth-order valence-electron chi connectivity index (χ4n) is 6.14. The summed E-state index contributed by atoms with van der Waals surface area (Å²) in [4.78, 5) is 31.5. The van der Waals surface area contributed by atoms with Crippen LogP contribution in [-0.4, -0.2) is 46.5 Å². The summed E-state index contributed by atoms with van der Waals surface area (Å²) in [5.41, 5.74) is 3.81. The van der Waals surface area contributed by atoms with Crippen molar-refractivity contribution >= 4 is 28.4 Å². The Morgan fingerprint density at radius 3 is 2.70 bits per heavy atom. The van der Waals surface area contributed by atoms with E-state index >= 15 is 0 Å². The molecule has 1 aliphatic carbocycles. The van der Waals surface area contributed by atoms with Crippen LogP contribution in [0.4, 0.5) is 0 Å². The first-order valence-corrected chi connectivity index (χ1v) is 12.1. The molecule has 33 heavy (non-hydrogen) atoms. The lowest BCUT2D eigenvalue weighted by atomic mass is 9.61. The number of halogens is 1. The summed E-state index contributed by atoms with van der Waals surface area (Å²) in [7, 11) is 1.86. The van der Waals surface area contributed by atoms with E-state index in [0.29, 0.717) is 16.3 Å². The molecule has 3 aliphatic rings. The molecule has 170 valence electrons.